The molecule has 0 aliphatic rings. The molecule has 0 bridgehead atoms. The summed E-state index contributed by atoms with van der Waals surface area (Å²) in [5, 5.41) is 6.63. The van der Waals surface area contributed by atoms with Crippen molar-refractivity contribution in [1.82, 2.24) is 0 Å². The third kappa shape index (κ3) is 6.05. The Labute approximate surface area is 53.7 Å². The van der Waals surface area contributed by atoms with Crippen LogP contribution in [0.1, 0.15) is 0 Å². The van der Waals surface area contributed by atoms with Gasteiger partial charge in [0.25, 0.3) is 0 Å². The molecule has 0 radical (unpaired) electrons. The van der Waals surface area contributed by atoms with Crippen LogP contribution in [0.5, 0.6) is 0 Å². The molecule has 0 unspecified atom stereocenters. The van der Waals surface area contributed by atoms with Crippen molar-refractivity contribution in [3.63, 3.8) is 0 Å². The highest BCUT2D eigenvalue weighted by Crippen LogP contribution is 1.76. The van der Waals surface area contributed by atoms with E-state index in [0.29, 0.717) is 0 Å². The van der Waals surface area contributed by atoms with E-state index in [0.717, 1.165) is 0 Å². The molecule has 0 aromatic rings. The zero-order valence-corrected chi connectivity index (χ0v) is 5.47. The van der Waals surface area contributed by atoms with Crippen molar-refractivity contribution in [2.75, 3.05) is 13.0 Å². The van der Waals surface area contributed by atoms with Crippen LogP contribution in [0.25, 0.3) is 0 Å². The molecule has 1 N–H and O–H groups in total. The smallest absolute Gasteiger partial charge is 0.195 e. The Morgan fingerprint density at radius 1 is 1.86 bits per heavy atom. The second-order valence-corrected chi connectivity index (χ2v) is 1.03. The lowest BCUT2D eigenvalue weighted by atomic mass is 10.8. The van der Waals surface area contributed by atoms with Crippen molar-refractivity contribution >= 4 is 29.9 Å². The minimum Gasteiger partial charge on any atom is -0.484 e. The minimum atomic E-state index is 0. The van der Waals surface area contributed by atoms with Crippen LogP contribution in [0.4, 0.5) is 0 Å². The fourth-order valence-corrected chi connectivity index (χ4v) is 0.164. The van der Waals surface area contributed by atoms with E-state index >= 15 is 0 Å². The van der Waals surface area contributed by atoms with E-state index in [2.05, 4.69) is 4.74 Å². The number of rotatable bonds is 1. The van der Waals surface area contributed by atoms with Gasteiger partial charge in [0.1, 0.15) is 0 Å². The minimum absolute atomic E-state index is 0. The summed E-state index contributed by atoms with van der Waals surface area (Å²) in [5.74, 6) is 0.271. The quantitative estimate of drug-likeness (QED) is 0.335. The van der Waals surface area contributed by atoms with E-state index in [1.807, 2.05) is 0 Å². The molecule has 44 valence electrons. The topological polar surface area (TPSA) is 33.1 Å². The zero-order chi connectivity index (χ0) is 4.99. The number of halogens is 2. The van der Waals surface area contributed by atoms with Gasteiger partial charge in [0, 0.05) is 0 Å². The van der Waals surface area contributed by atoms with Gasteiger partial charge in [-0.15, -0.1) is 24.0 Å². The highest BCUT2D eigenvalue weighted by molar-refractivity contribution is 6.26. The molecule has 2 nitrogen and oxygen atoms in total. The lowest BCUT2D eigenvalue weighted by Crippen LogP contribution is -1.98. The molecule has 0 aliphatic carbocycles. The molecule has 0 saturated carbocycles. The third-order valence-corrected chi connectivity index (χ3v) is 0.611. The van der Waals surface area contributed by atoms with Crippen molar-refractivity contribution in [1.29, 1.82) is 5.41 Å². The lowest BCUT2D eigenvalue weighted by Gasteiger charge is -1.90. The van der Waals surface area contributed by atoms with E-state index in [1.165, 1.54) is 7.11 Å². The third-order valence-electron chi connectivity index (χ3n) is 0.368. The van der Waals surface area contributed by atoms with Crippen LogP contribution in [-0.4, -0.2) is 18.9 Å². The van der Waals surface area contributed by atoms with Crippen LogP contribution in [0.2, 0.25) is 0 Å². The van der Waals surface area contributed by atoms with Crippen LogP contribution in [0.15, 0.2) is 0 Å². The molecule has 0 atom stereocenters. The molecule has 0 amide bonds. The van der Waals surface area contributed by atoms with Crippen molar-refractivity contribution in [3.05, 3.63) is 0 Å². The first-order valence-electron chi connectivity index (χ1n) is 1.48. The predicted molar refractivity (Wildman–Crippen MR) is 32.7 cm³/mol. The summed E-state index contributed by atoms with van der Waals surface area (Å²) in [4.78, 5) is 0. The Kier molecular flexibility index (Phi) is 8.75. The molecular formula is C3H7Cl2NO. The SMILES string of the molecule is COC(=N)CCl.Cl. The van der Waals surface area contributed by atoms with E-state index in [-0.39, 0.29) is 24.2 Å². The van der Waals surface area contributed by atoms with E-state index < -0.39 is 0 Å². The summed E-state index contributed by atoms with van der Waals surface area (Å²) in [6.07, 6.45) is 0. The molecule has 0 spiro atoms. The average molecular weight is 144 g/mol. The summed E-state index contributed by atoms with van der Waals surface area (Å²) < 4.78 is 4.35. The normalized spacial score (nSPS) is 6.57. The monoisotopic (exact) mass is 143 g/mol. The van der Waals surface area contributed by atoms with Crippen LogP contribution in [0.3, 0.4) is 0 Å². The van der Waals surface area contributed by atoms with Crippen molar-refractivity contribution < 1.29 is 4.74 Å². The van der Waals surface area contributed by atoms with Crippen LogP contribution in [-0.2, 0) is 4.74 Å². The second kappa shape index (κ2) is 6.05. The fourth-order valence-electron chi connectivity index (χ4n) is 0.0546. The first kappa shape index (κ1) is 10.1. The van der Waals surface area contributed by atoms with Gasteiger partial charge >= 0.3 is 0 Å². The molecule has 0 aromatic carbocycles. The van der Waals surface area contributed by atoms with Crippen molar-refractivity contribution in [3.8, 4) is 0 Å². The number of methoxy groups -OCH3 is 1. The van der Waals surface area contributed by atoms with Crippen molar-refractivity contribution in [2.45, 2.75) is 0 Å². The number of hydrogen-bond acceptors (Lipinski definition) is 2. The molecule has 0 rings (SSSR count). The van der Waals surface area contributed by atoms with Crippen LogP contribution in [0, 0.1) is 5.41 Å². The first-order valence-corrected chi connectivity index (χ1v) is 2.02. The van der Waals surface area contributed by atoms with Gasteiger partial charge in [-0.1, -0.05) is 0 Å². The van der Waals surface area contributed by atoms with E-state index in [9.17, 15) is 0 Å². The molecule has 4 heteroatoms. The summed E-state index contributed by atoms with van der Waals surface area (Å²) in [5.41, 5.74) is 0. The predicted octanol–water partition coefficient (Wildman–Crippen LogP) is 1.27. The van der Waals surface area contributed by atoms with E-state index in [4.69, 9.17) is 17.0 Å². The molecule has 7 heavy (non-hydrogen) atoms. The fraction of sp³-hybridized carbons (Fsp3) is 0.667. The molecule has 0 heterocycles. The van der Waals surface area contributed by atoms with Crippen molar-refractivity contribution in [2.24, 2.45) is 0 Å². The maximum Gasteiger partial charge on any atom is 0.195 e. The molecule has 0 saturated heterocycles. The Hall–Kier alpha value is 0.0500. The van der Waals surface area contributed by atoms with Gasteiger partial charge in [-0.25, -0.2) is 0 Å². The van der Waals surface area contributed by atoms with Gasteiger partial charge in [-0.2, -0.15) is 0 Å². The Morgan fingerprint density at radius 3 is 2.29 bits per heavy atom. The molecule has 0 aliphatic heterocycles. The van der Waals surface area contributed by atoms with E-state index in [1.54, 1.807) is 0 Å². The summed E-state index contributed by atoms with van der Waals surface area (Å²) >= 11 is 5.10. The summed E-state index contributed by atoms with van der Waals surface area (Å²) in [6, 6.07) is 0. The van der Waals surface area contributed by atoms with Gasteiger partial charge in [-0.05, 0) is 0 Å². The number of ether oxygens (including phenoxy) is 1. The van der Waals surface area contributed by atoms with Gasteiger partial charge in [0.2, 0.25) is 0 Å². The maximum absolute atomic E-state index is 6.63. The highest BCUT2D eigenvalue weighted by Gasteiger charge is 1.83. The second-order valence-electron chi connectivity index (χ2n) is 0.761. The lowest BCUT2D eigenvalue weighted by molar-refractivity contribution is 0.397. The largest absolute Gasteiger partial charge is 0.484 e. The standard InChI is InChI=1S/C3H6ClNO.ClH/c1-6-3(5)2-4;/h5H,2H2,1H3;1H. The summed E-state index contributed by atoms with van der Waals surface area (Å²) in [7, 11) is 1.42. The van der Waals surface area contributed by atoms with Crippen LogP contribution >= 0.6 is 24.0 Å². The van der Waals surface area contributed by atoms with Gasteiger partial charge in [0.15, 0.2) is 5.90 Å². The Bertz CT molecular complexity index is 50.9. The highest BCUT2D eigenvalue weighted by atomic mass is 35.5. The molecule has 0 fully saturated rings. The molecule has 0 aromatic heterocycles. The molecular weight excluding hydrogens is 137 g/mol. The number of hydrogen-bond donors (Lipinski definition) is 1. The van der Waals surface area contributed by atoms with Gasteiger partial charge in [0.05, 0.1) is 13.0 Å². The number of nitrogens with one attached hydrogen (secondary N) is 1. The maximum atomic E-state index is 6.63. The average Bonchev–Trinajstić information content (AvgIpc) is 1.65. The van der Waals surface area contributed by atoms with Gasteiger partial charge in [-0.3, -0.25) is 5.41 Å². The summed E-state index contributed by atoms with van der Waals surface area (Å²) in [6.45, 7) is 0. The number of alkyl halides is 1. The Balaban J connectivity index is 0. The zero-order valence-electron chi connectivity index (χ0n) is 3.90. The first-order chi connectivity index (χ1) is 2.81. The van der Waals surface area contributed by atoms with Gasteiger partial charge < -0.3 is 4.74 Å². The van der Waals surface area contributed by atoms with Crippen LogP contribution < -0.4 is 0 Å². The Morgan fingerprint density at radius 2 is 2.29 bits per heavy atom.